The first-order chi connectivity index (χ1) is 12.0. The zero-order valence-corrected chi connectivity index (χ0v) is 15.1. The third-order valence-corrected chi connectivity index (χ3v) is 3.92. The Labute approximate surface area is 156 Å². The molecule has 0 atom stereocenters. The van der Waals surface area contributed by atoms with E-state index in [0.29, 0.717) is 21.3 Å². The third-order valence-electron chi connectivity index (χ3n) is 3.35. The van der Waals surface area contributed by atoms with Crippen LogP contribution in [0.1, 0.15) is 18.1 Å². The van der Waals surface area contributed by atoms with E-state index in [1.807, 2.05) is 12.1 Å². The van der Waals surface area contributed by atoms with E-state index >= 15 is 0 Å². The van der Waals surface area contributed by atoms with Crippen molar-refractivity contribution in [2.24, 2.45) is 0 Å². The summed E-state index contributed by atoms with van der Waals surface area (Å²) in [7, 11) is 0. The Bertz CT molecular complexity index is 786. The lowest BCUT2D eigenvalue weighted by atomic mass is 10.1. The Balaban J connectivity index is 1.82. The molecule has 130 valence electrons. The van der Waals surface area contributed by atoms with Gasteiger partial charge in [0.05, 0.1) is 0 Å². The predicted octanol–water partition coefficient (Wildman–Crippen LogP) is 4.75. The highest BCUT2D eigenvalue weighted by Crippen LogP contribution is 2.21. The van der Waals surface area contributed by atoms with Crippen molar-refractivity contribution >= 4 is 46.8 Å². The van der Waals surface area contributed by atoms with Crippen LogP contribution in [-0.4, -0.2) is 18.5 Å². The molecule has 1 amide bonds. The van der Waals surface area contributed by atoms with Crippen LogP contribution in [0.2, 0.25) is 10.0 Å². The number of carbonyl (C=O) groups excluding carboxylic acids is 2. The lowest BCUT2D eigenvalue weighted by Crippen LogP contribution is -2.20. The summed E-state index contributed by atoms with van der Waals surface area (Å²) < 4.78 is 4.90. The van der Waals surface area contributed by atoms with E-state index < -0.39 is 11.9 Å². The van der Waals surface area contributed by atoms with Crippen molar-refractivity contribution in [3.63, 3.8) is 0 Å². The van der Waals surface area contributed by atoms with Crippen LogP contribution in [0.4, 0.5) is 5.69 Å². The molecule has 0 saturated carbocycles. The van der Waals surface area contributed by atoms with Crippen molar-refractivity contribution in [1.29, 1.82) is 0 Å². The van der Waals surface area contributed by atoms with Crippen molar-refractivity contribution in [3.8, 4) is 0 Å². The number of hydrogen-bond donors (Lipinski definition) is 1. The highest BCUT2D eigenvalue weighted by molar-refractivity contribution is 6.35. The highest BCUT2D eigenvalue weighted by Gasteiger charge is 2.06. The molecule has 0 spiro atoms. The van der Waals surface area contributed by atoms with E-state index in [1.165, 1.54) is 17.7 Å². The molecular formula is C19H17Cl2NO3. The van der Waals surface area contributed by atoms with E-state index in [0.717, 1.165) is 6.42 Å². The van der Waals surface area contributed by atoms with Gasteiger partial charge in [-0.15, -0.1) is 0 Å². The zero-order chi connectivity index (χ0) is 18.2. The molecule has 0 fully saturated rings. The van der Waals surface area contributed by atoms with Crippen LogP contribution in [0.5, 0.6) is 0 Å². The fraction of sp³-hybridized carbons (Fsp3) is 0.158. The van der Waals surface area contributed by atoms with E-state index in [9.17, 15) is 9.59 Å². The number of ether oxygens (including phenoxy) is 1. The second kappa shape index (κ2) is 9.25. The topological polar surface area (TPSA) is 55.4 Å². The molecule has 0 aromatic heterocycles. The normalized spacial score (nSPS) is 10.7. The number of benzene rings is 2. The van der Waals surface area contributed by atoms with Crippen LogP contribution in [-0.2, 0) is 20.7 Å². The van der Waals surface area contributed by atoms with E-state index in [-0.39, 0.29) is 6.61 Å². The monoisotopic (exact) mass is 377 g/mol. The fourth-order valence-electron chi connectivity index (χ4n) is 2.00. The van der Waals surface area contributed by atoms with Crippen molar-refractivity contribution in [1.82, 2.24) is 0 Å². The first-order valence-electron chi connectivity index (χ1n) is 7.66. The average Bonchev–Trinajstić information content (AvgIpc) is 2.60. The quantitative estimate of drug-likeness (QED) is 0.583. The van der Waals surface area contributed by atoms with Gasteiger partial charge in [0, 0.05) is 21.8 Å². The molecule has 6 heteroatoms. The van der Waals surface area contributed by atoms with Gasteiger partial charge in [-0.2, -0.15) is 0 Å². The molecule has 0 aliphatic carbocycles. The molecule has 0 bridgehead atoms. The van der Waals surface area contributed by atoms with Crippen LogP contribution in [0.15, 0.2) is 48.5 Å². The minimum absolute atomic E-state index is 0.368. The smallest absolute Gasteiger partial charge is 0.331 e. The lowest BCUT2D eigenvalue weighted by molar-refractivity contribution is -0.142. The van der Waals surface area contributed by atoms with Crippen molar-refractivity contribution in [3.05, 3.63) is 69.7 Å². The van der Waals surface area contributed by atoms with Crippen LogP contribution in [0.25, 0.3) is 6.08 Å². The molecular weight excluding hydrogens is 361 g/mol. The first-order valence-corrected chi connectivity index (χ1v) is 8.42. The molecule has 4 nitrogen and oxygen atoms in total. The summed E-state index contributed by atoms with van der Waals surface area (Å²) in [4.78, 5) is 23.5. The largest absolute Gasteiger partial charge is 0.452 e. The maximum absolute atomic E-state index is 11.8. The summed E-state index contributed by atoms with van der Waals surface area (Å²) in [6, 6.07) is 12.4. The van der Waals surface area contributed by atoms with Gasteiger partial charge in [-0.3, -0.25) is 4.79 Å². The number of aryl methyl sites for hydroxylation is 1. The number of anilines is 1. The van der Waals surface area contributed by atoms with Crippen LogP contribution < -0.4 is 5.32 Å². The molecule has 25 heavy (non-hydrogen) atoms. The van der Waals surface area contributed by atoms with Crippen molar-refractivity contribution in [2.75, 3.05) is 11.9 Å². The molecule has 2 aromatic carbocycles. The Hall–Kier alpha value is -2.30. The number of halogens is 2. The molecule has 0 radical (unpaired) electrons. The van der Waals surface area contributed by atoms with Gasteiger partial charge in [0.2, 0.25) is 0 Å². The third kappa shape index (κ3) is 6.25. The number of carbonyl (C=O) groups is 2. The van der Waals surface area contributed by atoms with Crippen molar-refractivity contribution in [2.45, 2.75) is 13.3 Å². The van der Waals surface area contributed by atoms with Gasteiger partial charge in [0.1, 0.15) is 0 Å². The summed E-state index contributed by atoms with van der Waals surface area (Å²) in [6.07, 6.45) is 3.64. The van der Waals surface area contributed by atoms with Crippen LogP contribution in [0, 0.1) is 0 Å². The maximum atomic E-state index is 11.8. The Morgan fingerprint density at radius 1 is 1.12 bits per heavy atom. The molecule has 0 saturated heterocycles. The number of esters is 1. The minimum Gasteiger partial charge on any atom is -0.452 e. The Morgan fingerprint density at radius 2 is 1.84 bits per heavy atom. The second-order valence-electron chi connectivity index (χ2n) is 5.21. The maximum Gasteiger partial charge on any atom is 0.331 e. The van der Waals surface area contributed by atoms with E-state index in [2.05, 4.69) is 12.2 Å². The van der Waals surface area contributed by atoms with E-state index in [4.69, 9.17) is 27.9 Å². The Kier molecular flexibility index (Phi) is 7.04. The molecule has 0 heterocycles. The molecule has 0 aliphatic heterocycles. The van der Waals surface area contributed by atoms with Gasteiger partial charge in [0.25, 0.3) is 5.91 Å². The molecule has 2 rings (SSSR count). The SMILES string of the molecule is CCc1ccc(NC(=O)COC(=O)/C=C/c2ccc(Cl)cc2Cl)cc1. The molecule has 0 unspecified atom stereocenters. The fourth-order valence-corrected chi connectivity index (χ4v) is 2.47. The van der Waals surface area contributed by atoms with Gasteiger partial charge in [0.15, 0.2) is 6.61 Å². The van der Waals surface area contributed by atoms with Crippen LogP contribution in [0.3, 0.4) is 0 Å². The summed E-state index contributed by atoms with van der Waals surface area (Å²) in [6.45, 7) is 1.69. The number of rotatable bonds is 6. The first kappa shape index (κ1) is 19.0. The van der Waals surface area contributed by atoms with Gasteiger partial charge < -0.3 is 10.1 Å². The second-order valence-corrected chi connectivity index (χ2v) is 6.05. The summed E-state index contributed by atoms with van der Waals surface area (Å²) >= 11 is 11.8. The summed E-state index contributed by atoms with van der Waals surface area (Å²) in [5.41, 5.74) is 2.46. The minimum atomic E-state index is -0.637. The summed E-state index contributed by atoms with van der Waals surface area (Å²) in [5, 5.41) is 3.59. The zero-order valence-electron chi connectivity index (χ0n) is 13.6. The lowest BCUT2D eigenvalue weighted by Gasteiger charge is -2.06. The highest BCUT2D eigenvalue weighted by atomic mass is 35.5. The van der Waals surface area contributed by atoms with E-state index in [1.54, 1.807) is 30.3 Å². The summed E-state index contributed by atoms with van der Waals surface area (Å²) in [5.74, 6) is -1.04. The standard InChI is InChI=1S/C19H17Cl2NO3/c1-2-13-3-8-16(9-4-13)22-18(23)12-25-19(24)10-6-14-5-7-15(20)11-17(14)21/h3-11H,2,12H2,1H3,(H,22,23)/b10-6+. The molecule has 1 N–H and O–H groups in total. The predicted molar refractivity (Wildman–Crippen MR) is 101 cm³/mol. The number of hydrogen-bond acceptors (Lipinski definition) is 3. The average molecular weight is 378 g/mol. The van der Waals surface area contributed by atoms with Gasteiger partial charge in [-0.1, -0.05) is 48.3 Å². The number of nitrogens with one attached hydrogen (secondary N) is 1. The van der Waals surface area contributed by atoms with Crippen molar-refractivity contribution < 1.29 is 14.3 Å². The Morgan fingerprint density at radius 3 is 2.48 bits per heavy atom. The van der Waals surface area contributed by atoms with Gasteiger partial charge in [-0.25, -0.2) is 4.79 Å². The molecule has 2 aromatic rings. The van der Waals surface area contributed by atoms with Gasteiger partial charge in [-0.05, 0) is 47.9 Å². The molecule has 0 aliphatic rings. The number of amides is 1. The van der Waals surface area contributed by atoms with Gasteiger partial charge >= 0.3 is 5.97 Å². The van der Waals surface area contributed by atoms with Crippen LogP contribution >= 0.6 is 23.2 Å².